The number of nitrogens with zero attached hydrogens (tertiary/aromatic N) is 4. The van der Waals surface area contributed by atoms with Crippen LogP contribution in [0.3, 0.4) is 0 Å². The number of halogens is 2. The number of aryl methyl sites for hydroxylation is 3. The van der Waals surface area contributed by atoms with E-state index in [0.717, 1.165) is 45.3 Å². The summed E-state index contributed by atoms with van der Waals surface area (Å²) in [5.74, 6) is 0.856. The SMILES string of the molecule is Cc1cn(-c2ccc(-c3cccc(S(C)(=O)=O)c3)cc2-c2cc(C)nn2-c2ccc(OC(F)F)cc2)c(C)n1. The number of rotatable bonds is 7. The Labute approximate surface area is 225 Å². The number of sulfone groups is 1. The number of hydrogen-bond acceptors (Lipinski definition) is 5. The van der Waals surface area contributed by atoms with Gasteiger partial charge in [0.25, 0.3) is 0 Å². The molecule has 0 saturated heterocycles. The van der Waals surface area contributed by atoms with E-state index in [1.807, 2.05) is 61.9 Å². The van der Waals surface area contributed by atoms with Crippen molar-refractivity contribution in [3.05, 3.63) is 96.2 Å². The molecule has 0 amide bonds. The molecule has 5 aromatic rings. The third-order valence-electron chi connectivity index (χ3n) is 6.27. The van der Waals surface area contributed by atoms with E-state index in [4.69, 9.17) is 0 Å². The van der Waals surface area contributed by atoms with Gasteiger partial charge in [-0.05, 0) is 86.5 Å². The summed E-state index contributed by atoms with van der Waals surface area (Å²) in [5.41, 5.74) is 6.29. The van der Waals surface area contributed by atoms with Crippen LogP contribution in [0.15, 0.2) is 83.9 Å². The molecule has 0 fully saturated rings. The summed E-state index contributed by atoms with van der Waals surface area (Å²) >= 11 is 0. The molecule has 200 valence electrons. The van der Waals surface area contributed by atoms with Crippen LogP contribution in [0.1, 0.15) is 17.2 Å². The third-order valence-corrected chi connectivity index (χ3v) is 7.38. The molecule has 0 bridgehead atoms. The predicted molar refractivity (Wildman–Crippen MR) is 146 cm³/mol. The van der Waals surface area contributed by atoms with E-state index in [1.165, 1.54) is 18.4 Å². The lowest BCUT2D eigenvalue weighted by Crippen LogP contribution is -2.05. The van der Waals surface area contributed by atoms with E-state index >= 15 is 0 Å². The van der Waals surface area contributed by atoms with Crippen LogP contribution < -0.4 is 4.74 Å². The van der Waals surface area contributed by atoms with Crippen LogP contribution in [0.2, 0.25) is 0 Å². The number of ether oxygens (including phenoxy) is 1. The van der Waals surface area contributed by atoms with E-state index in [0.29, 0.717) is 5.69 Å². The molecule has 2 aromatic heterocycles. The smallest absolute Gasteiger partial charge is 0.387 e. The fourth-order valence-electron chi connectivity index (χ4n) is 4.56. The van der Waals surface area contributed by atoms with Gasteiger partial charge in [-0.2, -0.15) is 13.9 Å². The highest BCUT2D eigenvalue weighted by molar-refractivity contribution is 7.90. The molecule has 5 rings (SSSR count). The standard InChI is InChI=1S/C29H26F2N4O3S/c1-18-14-28(35(33-18)23-9-11-24(12-10-23)38-29(30)31)26-16-22(21-6-5-7-25(15-21)39(4,36)37)8-13-27(26)34-17-19(2)32-20(34)3/h5-17,29H,1-4H3. The van der Waals surface area contributed by atoms with Gasteiger partial charge in [0.05, 0.1) is 33.4 Å². The van der Waals surface area contributed by atoms with Gasteiger partial charge in [0.1, 0.15) is 11.6 Å². The van der Waals surface area contributed by atoms with Crippen molar-refractivity contribution < 1.29 is 21.9 Å². The largest absolute Gasteiger partial charge is 0.435 e. The summed E-state index contributed by atoms with van der Waals surface area (Å²) in [6.45, 7) is 2.81. The normalized spacial score (nSPS) is 11.8. The topological polar surface area (TPSA) is 79.0 Å². The Morgan fingerprint density at radius 3 is 2.23 bits per heavy atom. The Kier molecular flexibility index (Phi) is 6.82. The van der Waals surface area contributed by atoms with Crippen molar-refractivity contribution in [1.29, 1.82) is 0 Å². The summed E-state index contributed by atoms with van der Waals surface area (Å²) in [6.07, 6.45) is 3.13. The quantitative estimate of drug-likeness (QED) is 0.238. The zero-order chi connectivity index (χ0) is 27.9. The Morgan fingerprint density at radius 2 is 1.59 bits per heavy atom. The predicted octanol–water partition coefficient (Wildman–Crippen LogP) is 6.32. The number of hydrogen-bond donors (Lipinski definition) is 0. The maximum Gasteiger partial charge on any atom is 0.387 e. The van der Waals surface area contributed by atoms with Crippen LogP contribution in [-0.4, -0.2) is 40.6 Å². The molecule has 0 aliphatic heterocycles. The van der Waals surface area contributed by atoms with Crippen LogP contribution in [0.5, 0.6) is 5.75 Å². The van der Waals surface area contributed by atoms with Crippen molar-refractivity contribution in [2.24, 2.45) is 0 Å². The van der Waals surface area contributed by atoms with Gasteiger partial charge >= 0.3 is 6.61 Å². The first-order valence-electron chi connectivity index (χ1n) is 12.1. The molecule has 0 N–H and O–H groups in total. The van der Waals surface area contributed by atoms with Crippen molar-refractivity contribution in [1.82, 2.24) is 19.3 Å². The zero-order valence-corrected chi connectivity index (χ0v) is 22.6. The molecule has 0 aliphatic carbocycles. The Morgan fingerprint density at radius 1 is 0.872 bits per heavy atom. The maximum atomic E-state index is 12.7. The van der Waals surface area contributed by atoms with Gasteiger partial charge in [0.15, 0.2) is 9.84 Å². The Hall–Kier alpha value is -4.31. The molecule has 0 saturated carbocycles. The van der Waals surface area contributed by atoms with Crippen LogP contribution >= 0.6 is 0 Å². The number of aromatic nitrogens is 4. The third kappa shape index (κ3) is 5.46. The summed E-state index contributed by atoms with van der Waals surface area (Å²) in [7, 11) is -3.38. The first-order valence-corrected chi connectivity index (χ1v) is 14.0. The van der Waals surface area contributed by atoms with Gasteiger partial charge in [-0.3, -0.25) is 0 Å². The van der Waals surface area contributed by atoms with E-state index in [2.05, 4.69) is 14.8 Å². The summed E-state index contributed by atoms with van der Waals surface area (Å²) in [6, 6.07) is 20.9. The molecule has 7 nitrogen and oxygen atoms in total. The van der Waals surface area contributed by atoms with Crippen LogP contribution in [0.4, 0.5) is 8.78 Å². The minimum Gasteiger partial charge on any atom is -0.435 e. The minimum absolute atomic E-state index is 0.0529. The van der Waals surface area contributed by atoms with Crippen LogP contribution in [0, 0.1) is 20.8 Å². The molecule has 0 unspecified atom stereocenters. The molecule has 0 aliphatic rings. The second-order valence-corrected chi connectivity index (χ2v) is 11.3. The molecule has 0 spiro atoms. The number of benzene rings is 3. The fraction of sp³-hybridized carbons (Fsp3) is 0.172. The Balaban J connectivity index is 1.71. The highest BCUT2D eigenvalue weighted by Crippen LogP contribution is 2.35. The monoisotopic (exact) mass is 548 g/mol. The number of imidazole rings is 1. The summed E-state index contributed by atoms with van der Waals surface area (Å²) < 4.78 is 58.0. The average Bonchev–Trinajstić information content (AvgIpc) is 3.44. The first-order chi connectivity index (χ1) is 18.5. The minimum atomic E-state index is -3.38. The molecule has 3 aromatic carbocycles. The highest BCUT2D eigenvalue weighted by Gasteiger charge is 2.18. The van der Waals surface area contributed by atoms with Crippen molar-refractivity contribution in [2.45, 2.75) is 32.3 Å². The molecule has 2 heterocycles. The van der Waals surface area contributed by atoms with Gasteiger partial charge in [0, 0.05) is 18.0 Å². The van der Waals surface area contributed by atoms with Crippen molar-refractivity contribution in [3.8, 4) is 39.5 Å². The van der Waals surface area contributed by atoms with E-state index in [9.17, 15) is 17.2 Å². The van der Waals surface area contributed by atoms with E-state index in [1.54, 1.807) is 35.0 Å². The van der Waals surface area contributed by atoms with Gasteiger partial charge < -0.3 is 9.30 Å². The lowest BCUT2D eigenvalue weighted by molar-refractivity contribution is -0.0498. The zero-order valence-electron chi connectivity index (χ0n) is 21.8. The van der Waals surface area contributed by atoms with Crippen LogP contribution in [0.25, 0.3) is 33.8 Å². The number of alkyl halides is 2. The van der Waals surface area contributed by atoms with Crippen LogP contribution in [-0.2, 0) is 9.84 Å². The van der Waals surface area contributed by atoms with Crippen molar-refractivity contribution in [3.63, 3.8) is 0 Å². The molecular weight excluding hydrogens is 522 g/mol. The average molecular weight is 549 g/mol. The summed E-state index contributed by atoms with van der Waals surface area (Å²) in [4.78, 5) is 4.79. The maximum absolute atomic E-state index is 12.7. The highest BCUT2D eigenvalue weighted by atomic mass is 32.2. The lowest BCUT2D eigenvalue weighted by atomic mass is 9.99. The fourth-order valence-corrected chi connectivity index (χ4v) is 5.22. The van der Waals surface area contributed by atoms with Gasteiger partial charge in [0.2, 0.25) is 0 Å². The molecular formula is C29H26F2N4O3S. The van der Waals surface area contributed by atoms with Gasteiger partial charge in [-0.25, -0.2) is 18.1 Å². The van der Waals surface area contributed by atoms with E-state index < -0.39 is 16.4 Å². The second kappa shape index (κ2) is 10.1. The molecule has 0 atom stereocenters. The van der Waals surface area contributed by atoms with E-state index in [-0.39, 0.29) is 10.6 Å². The van der Waals surface area contributed by atoms with Gasteiger partial charge in [-0.1, -0.05) is 18.2 Å². The van der Waals surface area contributed by atoms with Gasteiger partial charge in [-0.15, -0.1) is 0 Å². The van der Waals surface area contributed by atoms with Crippen molar-refractivity contribution in [2.75, 3.05) is 6.26 Å². The second-order valence-electron chi connectivity index (χ2n) is 9.29. The first kappa shape index (κ1) is 26.3. The molecule has 39 heavy (non-hydrogen) atoms. The molecule has 0 radical (unpaired) electrons. The lowest BCUT2D eigenvalue weighted by Gasteiger charge is -2.16. The van der Waals surface area contributed by atoms with Crippen molar-refractivity contribution >= 4 is 9.84 Å². The summed E-state index contributed by atoms with van der Waals surface area (Å²) in [5, 5.41) is 4.68. The Bertz CT molecular complexity index is 1770. The molecule has 10 heteroatoms.